The van der Waals surface area contributed by atoms with Crippen molar-refractivity contribution in [2.24, 2.45) is 0 Å². The highest BCUT2D eigenvalue weighted by molar-refractivity contribution is 6.32. The van der Waals surface area contributed by atoms with E-state index in [0.717, 1.165) is 17.7 Å². The molecule has 2 aromatic carbocycles. The van der Waals surface area contributed by atoms with E-state index >= 15 is 0 Å². The molecule has 0 unspecified atom stereocenters. The van der Waals surface area contributed by atoms with Crippen LogP contribution >= 0.6 is 11.6 Å². The van der Waals surface area contributed by atoms with Crippen LogP contribution in [0.15, 0.2) is 42.0 Å². The van der Waals surface area contributed by atoms with Crippen LogP contribution in [-0.4, -0.2) is 18.5 Å². The van der Waals surface area contributed by atoms with Gasteiger partial charge in [0.1, 0.15) is 11.6 Å². The third-order valence-electron chi connectivity index (χ3n) is 5.81. The zero-order chi connectivity index (χ0) is 21.3. The molecule has 1 atom stereocenters. The highest BCUT2D eigenvalue weighted by Gasteiger charge is 2.34. The van der Waals surface area contributed by atoms with Crippen LogP contribution in [0.5, 0.6) is 0 Å². The van der Waals surface area contributed by atoms with Gasteiger partial charge in [0.25, 0.3) is 5.91 Å². The quantitative estimate of drug-likeness (QED) is 0.507. The standard InChI is InChI=1S/C24H26ClN3O/c1-15-8-6-7-9-21(15)27-23(29)18(14-26)10-17-11-19-16(2)13-24(3,4)28(5)22(19)12-20(17)25/h6-12,16H,13H2,1-5H3,(H,27,29)/b18-10-/t16-/m0/s1. The molecule has 4 nitrogen and oxygen atoms in total. The molecule has 29 heavy (non-hydrogen) atoms. The molecule has 0 spiro atoms. The number of carbonyl (C=O) groups is 1. The average Bonchev–Trinajstić information content (AvgIpc) is 2.66. The number of halogens is 1. The van der Waals surface area contributed by atoms with Crippen LogP contribution in [0, 0.1) is 18.3 Å². The molecule has 1 amide bonds. The fourth-order valence-electron chi connectivity index (χ4n) is 3.92. The minimum absolute atomic E-state index is 0.0206. The number of benzene rings is 2. The topological polar surface area (TPSA) is 56.1 Å². The van der Waals surface area contributed by atoms with E-state index < -0.39 is 5.91 Å². The maximum Gasteiger partial charge on any atom is 0.266 e. The molecular weight excluding hydrogens is 382 g/mol. The Morgan fingerprint density at radius 1 is 1.34 bits per heavy atom. The molecule has 2 aromatic rings. The second kappa shape index (κ2) is 7.93. The molecule has 0 saturated heterocycles. The lowest BCUT2D eigenvalue weighted by Gasteiger charge is -2.45. The largest absolute Gasteiger partial charge is 0.369 e. The van der Waals surface area contributed by atoms with Crippen LogP contribution < -0.4 is 10.2 Å². The van der Waals surface area contributed by atoms with Gasteiger partial charge in [-0.05, 0) is 74.1 Å². The van der Waals surface area contributed by atoms with Crippen molar-refractivity contribution < 1.29 is 4.79 Å². The SMILES string of the molecule is Cc1ccccc1NC(=O)/C(C#N)=C\c1cc2c(cc1Cl)N(C)C(C)(C)C[C@@H]2C. The zero-order valence-electron chi connectivity index (χ0n) is 17.5. The smallest absolute Gasteiger partial charge is 0.266 e. The molecule has 1 aliphatic rings. The number of anilines is 2. The van der Waals surface area contributed by atoms with E-state index in [-0.39, 0.29) is 11.1 Å². The number of nitrogens with one attached hydrogen (secondary N) is 1. The van der Waals surface area contributed by atoms with Crippen molar-refractivity contribution >= 4 is 35.0 Å². The Labute approximate surface area is 177 Å². The first kappa shape index (κ1) is 21.0. The fraction of sp³-hybridized carbons (Fsp3) is 0.333. The van der Waals surface area contributed by atoms with Crippen LogP contribution in [0.25, 0.3) is 6.08 Å². The molecule has 0 fully saturated rings. The van der Waals surface area contributed by atoms with Gasteiger partial charge >= 0.3 is 0 Å². The molecule has 0 bridgehead atoms. The van der Waals surface area contributed by atoms with Gasteiger partial charge in [0.2, 0.25) is 0 Å². The molecule has 0 aromatic heterocycles. The van der Waals surface area contributed by atoms with Gasteiger partial charge in [-0.3, -0.25) is 4.79 Å². The molecule has 5 heteroatoms. The highest BCUT2D eigenvalue weighted by Crippen LogP contribution is 2.44. The monoisotopic (exact) mass is 407 g/mol. The average molecular weight is 408 g/mol. The number of para-hydroxylation sites is 1. The van der Waals surface area contributed by atoms with Crippen LogP contribution in [0.2, 0.25) is 5.02 Å². The maximum atomic E-state index is 12.6. The molecule has 0 aliphatic carbocycles. The Bertz CT molecular complexity index is 1030. The van der Waals surface area contributed by atoms with Crippen molar-refractivity contribution in [1.29, 1.82) is 5.26 Å². The van der Waals surface area contributed by atoms with Gasteiger partial charge in [0.15, 0.2) is 0 Å². The third kappa shape index (κ3) is 4.16. The lowest BCUT2D eigenvalue weighted by Crippen LogP contribution is -2.45. The molecule has 3 rings (SSSR count). The Morgan fingerprint density at radius 2 is 2.03 bits per heavy atom. The van der Waals surface area contributed by atoms with E-state index in [1.165, 1.54) is 5.56 Å². The van der Waals surface area contributed by atoms with Crippen molar-refractivity contribution in [1.82, 2.24) is 0 Å². The van der Waals surface area contributed by atoms with E-state index in [2.05, 4.69) is 38.0 Å². The Balaban J connectivity index is 1.97. The van der Waals surface area contributed by atoms with Crippen molar-refractivity contribution in [3.8, 4) is 6.07 Å². The minimum Gasteiger partial charge on any atom is -0.369 e. The van der Waals surface area contributed by atoms with Crippen molar-refractivity contribution in [3.63, 3.8) is 0 Å². The number of fused-ring (bicyclic) bond motifs is 1. The summed E-state index contributed by atoms with van der Waals surface area (Å²) in [6.07, 6.45) is 2.59. The predicted octanol–water partition coefficient (Wildman–Crippen LogP) is 5.92. The summed E-state index contributed by atoms with van der Waals surface area (Å²) in [5, 5.41) is 12.9. The summed E-state index contributed by atoms with van der Waals surface area (Å²) in [7, 11) is 2.08. The van der Waals surface area contributed by atoms with Crippen LogP contribution in [0.4, 0.5) is 11.4 Å². The van der Waals surface area contributed by atoms with Crippen molar-refractivity contribution in [2.45, 2.75) is 45.6 Å². The lowest BCUT2D eigenvalue weighted by atomic mass is 9.80. The van der Waals surface area contributed by atoms with Crippen LogP contribution in [-0.2, 0) is 4.79 Å². The van der Waals surface area contributed by atoms with E-state index in [1.807, 2.05) is 49.4 Å². The second-order valence-electron chi connectivity index (χ2n) is 8.35. The predicted molar refractivity (Wildman–Crippen MR) is 120 cm³/mol. The van der Waals surface area contributed by atoms with Gasteiger partial charge in [-0.2, -0.15) is 5.26 Å². The number of nitriles is 1. The highest BCUT2D eigenvalue weighted by atomic mass is 35.5. The number of carbonyl (C=O) groups excluding carboxylic acids is 1. The third-order valence-corrected chi connectivity index (χ3v) is 6.14. The van der Waals surface area contributed by atoms with E-state index in [9.17, 15) is 10.1 Å². The normalized spacial score (nSPS) is 18.0. The van der Waals surface area contributed by atoms with Gasteiger partial charge < -0.3 is 10.2 Å². The van der Waals surface area contributed by atoms with E-state index in [4.69, 9.17) is 11.6 Å². The Hall–Kier alpha value is -2.77. The summed E-state index contributed by atoms with van der Waals surface area (Å²) in [5.74, 6) is -0.0890. The van der Waals surface area contributed by atoms with Gasteiger partial charge in [0.05, 0.1) is 0 Å². The first-order chi connectivity index (χ1) is 13.6. The number of nitrogens with zero attached hydrogens (tertiary/aromatic N) is 2. The number of rotatable bonds is 3. The molecular formula is C24H26ClN3O. The maximum absolute atomic E-state index is 12.6. The molecule has 0 saturated carbocycles. The molecule has 1 heterocycles. The summed E-state index contributed by atoms with van der Waals surface area (Å²) in [4.78, 5) is 14.9. The molecule has 0 radical (unpaired) electrons. The number of hydrogen-bond acceptors (Lipinski definition) is 3. The molecule has 1 N–H and O–H groups in total. The summed E-state index contributed by atoms with van der Waals surface area (Å²) in [6.45, 7) is 8.55. The van der Waals surface area contributed by atoms with Gasteiger partial charge in [-0.15, -0.1) is 0 Å². The first-order valence-corrected chi connectivity index (χ1v) is 10.1. The first-order valence-electron chi connectivity index (χ1n) is 9.70. The second-order valence-corrected chi connectivity index (χ2v) is 8.76. The summed E-state index contributed by atoms with van der Waals surface area (Å²) in [5.41, 5.74) is 4.64. The Morgan fingerprint density at radius 3 is 2.69 bits per heavy atom. The van der Waals surface area contributed by atoms with Crippen LogP contribution in [0.3, 0.4) is 0 Å². The summed E-state index contributed by atoms with van der Waals surface area (Å²) >= 11 is 6.55. The van der Waals surface area contributed by atoms with Crippen LogP contribution in [0.1, 0.15) is 49.8 Å². The van der Waals surface area contributed by atoms with Gasteiger partial charge in [-0.25, -0.2) is 0 Å². The van der Waals surface area contributed by atoms with Gasteiger partial charge in [-0.1, -0.05) is 36.7 Å². The number of amides is 1. The summed E-state index contributed by atoms with van der Waals surface area (Å²) in [6, 6.07) is 13.4. The molecule has 1 aliphatic heterocycles. The van der Waals surface area contributed by atoms with E-state index in [1.54, 1.807) is 6.08 Å². The number of aryl methyl sites for hydroxylation is 1. The zero-order valence-corrected chi connectivity index (χ0v) is 18.3. The van der Waals surface area contributed by atoms with Gasteiger partial charge in [0, 0.05) is 29.0 Å². The summed E-state index contributed by atoms with van der Waals surface area (Å²) < 4.78 is 0. The fourth-order valence-corrected chi connectivity index (χ4v) is 4.13. The van der Waals surface area contributed by atoms with Crippen molar-refractivity contribution in [3.05, 3.63) is 63.7 Å². The number of hydrogen-bond donors (Lipinski definition) is 1. The minimum atomic E-state index is -0.443. The van der Waals surface area contributed by atoms with Crippen molar-refractivity contribution in [2.75, 3.05) is 17.3 Å². The Kier molecular flexibility index (Phi) is 5.73. The lowest BCUT2D eigenvalue weighted by molar-refractivity contribution is -0.112. The van der Waals surface area contributed by atoms with E-state index in [0.29, 0.717) is 22.2 Å². The molecule has 150 valence electrons.